The first kappa shape index (κ1) is 12.3. The van der Waals surface area contributed by atoms with Gasteiger partial charge in [-0.25, -0.2) is 4.98 Å². The Hall–Kier alpha value is -1.13. The van der Waals surface area contributed by atoms with Crippen molar-refractivity contribution >= 4 is 28.9 Å². The average Bonchev–Trinajstić information content (AvgIpc) is 2.77. The molecule has 0 saturated heterocycles. The summed E-state index contributed by atoms with van der Waals surface area (Å²) in [5.74, 6) is 0.156. The number of thiazole rings is 1. The van der Waals surface area contributed by atoms with Crippen molar-refractivity contribution in [3.05, 3.63) is 34.7 Å². The first-order valence-electron chi connectivity index (χ1n) is 5.27. The molecule has 0 spiro atoms. The highest BCUT2D eigenvalue weighted by molar-refractivity contribution is 7.98. The average molecular weight is 263 g/mol. The molecular formula is C13H13NOS2. The van der Waals surface area contributed by atoms with Crippen LogP contribution in [0.1, 0.15) is 11.9 Å². The minimum Gasteiger partial charge on any atom is -0.300 e. The third-order valence-corrected chi connectivity index (χ3v) is 3.93. The lowest BCUT2D eigenvalue weighted by atomic mass is 10.2. The van der Waals surface area contributed by atoms with Gasteiger partial charge in [-0.3, -0.25) is 4.79 Å². The van der Waals surface area contributed by atoms with Crippen LogP contribution in [0.5, 0.6) is 0 Å². The molecule has 0 N–H and O–H groups in total. The SMILES string of the molecule is CSc1ccc(-c2csc(CC(C)=O)n2)cc1. The summed E-state index contributed by atoms with van der Waals surface area (Å²) in [4.78, 5) is 16.7. The van der Waals surface area contributed by atoms with Gasteiger partial charge in [-0.1, -0.05) is 12.1 Å². The number of rotatable bonds is 4. The Labute approximate surface area is 109 Å². The molecule has 0 radical (unpaired) electrons. The molecule has 2 rings (SSSR count). The fraction of sp³-hybridized carbons (Fsp3) is 0.231. The zero-order valence-corrected chi connectivity index (χ0v) is 11.4. The van der Waals surface area contributed by atoms with Crippen molar-refractivity contribution in [2.45, 2.75) is 18.2 Å². The summed E-state index contributed by atoms with van der Waals surface area (Å²) in [5, 5.41) is 2.90. The highest BCUT2D eigenvalue weighted by atomic mass is 32.2. The molecule has 2 aromatic rings. The molecule has 0 aliphatic carbocycles. The zero-order chi connectivity index (χ0) is 12.3. The molecule has 88 valence electrons. The molecule has 1 aromatic carbocycles. The Morgan fingerprint density at radius 1 is 1.35 bits per heavy atom. The van der Waals surface area contributed by atoms with Crippen LogP contribution in [0.25, 0.3) is 11.3 Å². The Kier molecular flexibility index (Phi) is 3.97. The second-order valence-electron chi connectivity index (χ2n) is 3.73. The number of hydrogen-bond donors (Lipinski definition) is 0. The van der Waals surface area contributed by atoms with E-state index in [4.69, 9.17) is 0 Å². The van der Waals surface area contributed by atoms with Gasteiger partial charge in [0.1, 0.15) is 10.8 Å². The predicted octanol–water partition coefficient (Wildman–Crippen LogP) is 3.66. The summed E-state index contributed by atoms with van der Waals surface area (Å²) in [6.07, 6.45) is 2.50. The van der Waals surface area contributed by atoms with Gasteiger partial charge in [0.25, 0.3) is 0 Å². The van der Waals surface area contributed by atoms with Gasteiger partial charge in [-0.2, -0.15) is 0 Å². The molecule has 4 heteroatoms. The minimum atomic E-state index is 0.156. The maximum Gasteiger partial charge on any atom is 0.136 e. The summed E-state index contributed by atoms with van der Waals surface area (Å²) in [7, 11) is 0. The number of ketones is 1. The van der Waals surface area contributed by atoms with E-state index >= 15 is 0 Å². The Balaban J connectivity index is 2.21. The molecule has 1 heterocycles. The number of aromatic nitrogens is 1. The van der Waals surface area contributed by atoms with Gasteiger partial charge in [-0.15, -0.1) is 23.1 Å². The lowest BCUT2D eigenvalue weighted by molar-refractivity contribution is -0.116. The van der Waals surface area contributed by atoms with E-state index in [9.17, 15) is 4.79 Å². The summed E-state index contributed by atoms with van der Waals surface area (Å²) in [6.45, 7) is 1.59. The third kappa shape index (κ3) is 3.17. The molecule has 0 fully saturated rings. The second-order valence-corrected chi connectivity index (χ2v) is 5.56. The first-order valence-corrected chi connectivity index (χ1v) is 7.38. The highest BCUT2D eigenvalue weighted by Crippen LogP contribution is 2.24. The number of hydrogen-bond acceptors (Lipinski definition) is 4. The van der Waals surface area contributed by atoms with Crippen LogP contribution in [-0.4, -0.2) is 17.0 Å². The molecule has 1 aromatic heterocycles. The van der Waals surface area contributed by atoms with Crippen LogP contribution in [0.4, 0.5) is 0 Å². The molecule has 17 heavy (non-hydrogen) atoms. The fourth-order valence-corrected chi connectivity index (χ4v) is 2.78. The topological polar surface area (TPSA) is 30.0 Å². The van der Waals surface area contributed by atoms with E-state index in [1.165, 1.54) is 4.90 Å². The van der Waals surface area contributed by atoms with Gasteiger partial charge in [0.15, 0.2) is 0 Å². The van der Waals surface area contributed by atoms with Gasteiger partial charge in [0.2, 0.25) is 0 Å². The maximum absolute atomic E-state index is 11.0. The van der Waals surface area contributed by atoms with Crippen molar-refractivity contribution in [2.24, 2.45) is 0 Å². The Bertz CT molecular complexity index is 516. The van der Waals surface area contributed by atoms with Crippen molar-refractivity contribution in [1.82, 2.24) is 4.98 Å². The molecule has 0 atom stereocenters. The third-order valence-electron chi connectivity index (χ3n) is 2.34. The van der Waals surface area contributed by atoms with Crippen LogP contribution in [0.3, 0.4) is 0 Å². The van der Waals surface area contributed by atoms with Crippen molar-refractivity contribution in [2.75, 3.05) is 6.26 Å². The summed E-state index contributed by atoms with van der Waals surface area (Å²) >= 11 is 3.27. The number of carbonyl (C=O) groups excluding carboxylic acids is 1. The lowest BCUT2D eigenvalue weighted by Crippen LogP contribution is -1.95. The summed E-state index contributed by atoms with van der Waals surface area (Å²) in [6, 6.07) is 8.31. The number of nitrogens with zero attached hydrogens (tertiary/aromatic N) is 1. The van der Waals surface area contributed by atoms with Crippen LogP contribution >= 0.6 is 23.1 Å². The van der Waals surface area contributed by atoms with Crippen LogP contribution in [0.2, 0.25) is 0 Å². The van der Waals surface area contributed by atoms with Gasteiger partial charge < -0.3 is 0 Å². The molecular weight excluding hydrogens is 250 g/mol. The van der Waals surface area contributed by atoms with E-state index in [1.807, 2.05) is 5.38 Å². The molecule has 0 amide bonds. The first-order chi connectivity index (χ1) is 8.19. The highest BCUT2D eigenvalue weighted by Gasteiger charge is 2.06. The fourth-order valence-electron chi connectivity index (χ4n) is 1.50. The van der Waals surface area contributed by atoms with Gasteiger partial charge in [0.05, 0.1) is 12.1 Å². The quantitative estimate of drug-likeness (QED) is 0.788. The lowest BCUT2D eigenvalue weighted by Gasteiger charge is -1.98. The standard InChI is InChI=1S/C13H13NOS2/c1-9(15)7-13-14-12(8-17-13)10-3-5-11(16-2)6-4-10/h3-6,8H,7H2,1-2H3. The predicted molar refractivity (Wildman–Crippen MR) is 73.7 cm³/mol. The number of benzene rings is 1. The Morgan fingerprint density at radius 3 is 2.65 bits per heavy atom. The molecule has 0 bridgehead atoms. The zero-order valence-electron chi connectivity index (χ0n) is 9.77. The summed E-state index contributed by atoms with van der Waals surface area (Å²) < 4.78 is 0. The minimum absolute atomic E-state index is 0.156. The van der Waals surface area contributed by atoms with E-state index in [0.29, 0.717) is 6.42 Å². The van der Waals surface area contributed by atoms with Crippen molar-refractivity contribution in [3.63, 3.8) is 0 Å². The Morgan fingerprint density at radius 2 is 2.06 bits per heavy atom. The number of thioether (sulfide) groups is 1. The normalized spacial score (nSPS) is 10.5. The van der Waals surface area contributed by atoms with E-state index in [0.717, 1.165) is 16.3 Å². The largest absolute Gasteiger partial charge is 0.300 e. The van der Waals surface area contributed by atoms with Crippen LogP contribution in [-0.2, 0) is 11.2 Å². The van der Waals surface area contributed by atoms with Crippen molar-refractivity contribution < 1.29 is 4.79 Å². The summed E-state index contributed by atoms with van der Waals surface area (Å²) in [5.41, 5.74) is 2.06. The number of carbonyl (C=O) groups is 1. The van der Waals surface area contributed by atoms with Gasteiger partial charge in [0, 0.05) is 15.8 Å². The van der Waals surface area contributed by atoms with Crippen molar-refractivity contribution in [1.29, 1.82) is 0 Å². The van der Waals surface area contributed by atoms with Gasteiger partial charge >= 0.3 is 0 Å². The molecule has 0 unspecified atom stereocenters. The number of Topliss-reactive ketones (excluding diaryl/α,β-unsaturated/α-hetero) is 1. The molecule has 0 aliphatic rings. The second kappa shape index (κ2) is 5.47. The van der Waals surface area contributed by atoms with E-state index < -0.39 is 0 Å². The van der Waals surface area contributed by atoms with E-state index in [2.05, 4.69) is 35.5 Å². The van der Waals surface area contributed by atoms with Crippen LogP contribution in [0.15, 0.2) is 34.5 Å². The maximum atomic E-state index is 11.0. The van der Waals surface area contributed by atoms with Crippen LogP contribution < -0.4 is 0 Å². The van der Waals surface area contributed by atoms with Crippen LogP contribution in [0, 0.1) is 0 Å². The molecule has 2 nitrogen and oxygen atoms in total. The molecule has 0 saturated carbocycles. The smallest absolute Gasteiger partial charge is 0.136 e. The van der Waals surface area contributed by atoms with E-state index in [-0.39, 0.29) is 5.78 Å². The molecule has 0 aliphatic heterocycles. The van der Waals surface area contributed by atoms with E-state index in [1.54, 1.807) is 30.0 Å². The van der Waals surface area contributed by atoms with Gasteiger partial charge in [-0.05, 0) is 25.3 Å². The van der Waals surface area contributed by atoms with Crippen molar-refractivity contribution in [3.8, 4) is 11.3 Å². The monoisotopic (exact) mass is 263 g/mol.